The number of nitrogens with one attached hydrogen (secondary N) is 2. The summed E-state index contributed by atoms with van der Waals surface area (Å²) in [4.78, 5) is 0. The van der Waals surface area contributed by atoms with Gasteiger partial charge in [-0.2, -0.15) is 0 Å². The van der Waals surface area contributed by atoms with E-state index < -0.39 is 0 Å². The van der Waals surface area contributed by atoms with E-state index in [1.807, 2.05) is 0 Å². The molecule has 0 fully saturated rings. The van der Waals surface area contributed by atoms with Gasteiger partial charge in [0.1, 0.15) is 0 Å². The van der Waals surface area contributed by atoms with E-state index >= 15 is 0 Å². The Bertz CT molecular complexity index is 665. The van der Waals surface area contributed by atoms with Crippen LogP contribution in [0.1, 0.15) is 64.5 Å². The number of aryl methyl sites for hydroxylation is 1. The molecule has 2 aromatic rings. The van der Waals surface area contributed by atoms with E-state index in [2.05, 4.69) is 106 Å². The molecule has 0 aliphatic rings. The molecule has 0 amide bonds. The first kappa shape index (κ1) is 23.6. The predicted molar refractivity (Wildman–Crippen MR) is 127 cm³/mol. The van der Waals surface area contributed by atoms with Gasteiger partial charge in [0.15, 0.2) is 0 Å². The first-order valence-electron chi connectivity index (χ1n) is 11.5. The third-order valence-electron chi connectivity index (χ3n) is 6.27. The molecule has 0 aromatic heterocycles. The van der Waals surface area contributed by atoms with Crippen molar-refractivity contribution in [2.45, 2.75) is 71.4 Å². The van der Waals surface area contributed by atoms with Gasteiger partial charge in [0.05, 0.1) is 6.17 Å². The third-order valence-corrected chi connectivity index (χ3v) is 6.27. The minimum Gasteiger partial charge on any atom is -0.304 e. The van der Waals surface area contributed by atoms with Crippen molar-refractivity contribution in [2.24, 2.45) is 11.8 Å². The van der Waals surface area contributed by atoms with Crippen LogP contribution in [0.3, 0.4) is 0 Å². The molecule has 0 radical (unpaired) electrons. The summed E-state index contributed by atoms with van der Waals surface area (Å²) in [6.07, 6.45) is 6.43. The van der Waals surface area contributed by atoms with Crippen LogP contribution >= 0.6 is 0 Å². The Morgan fingerprint density at radius 2 is 1.41 bits per heavy atom. The highest BCUT2D eigenvalue weighted by atomic mass is 15.1. The molecule has 0 spiro atoms. The summed E-state index contributed by atoms with van der Waals surface area (Å²) < 4.78 is 0. The van der Waals surface area contributed by atoms with Crippen LogP contribution in [0.15, 0.2) is 60.7 Å². The van der Waals surface area contributed by atoms with Crippen LogP contribution in [0, 0.1) is 11.8 Å². The van der Waals surface area contributed by atoms with Crippen molar-refractivity contribution in [1.29, 1.82) is 0 Å². The zero-order chi connectivity index (χ0) is 21.1. The van der Waals surface area contributed by atoms with Crippen molar-refractivity contribution in [3.63, 3.8) is 0 Å². The molecule has 0 aliphatic carbocycles. The first-order valence-corrected chi connectivity index (χ1v) is 11.5. The quantitative estimate of drug-likeness (QED) is 0.313. The van der Waals surface area contributed by atoms with Gasteiger partial charge in [-0.1, -0.05) is 101 Å². The first-order chi connectivity index (χ1) is 14.0. The summed E-state index contributed by atoms with van der Waals surface area (Å²) in [5.74, 6) is 1.17. The van der Waals surface area contributed by atoms with Crippen molar-refractivity contribution in [3.8, 4) is 0 Å². The van der Waals surface area contributed by atoms with Crippen LogP contribution < -0.4 is 10.6 Å². The number of rotatable bonds is 13. The highest BCUT2D eigenvalue weighted by Crippen LogP contribution is 2.40. The normalized spacial score (nSPS) is 14.9. The molecule has 2 rings (SSSR count). The van der Waals surface area contributed by atoms with Crippen LogP contribution in [0.2, 0.25) is 0 Å². The van der Waals surface area contributed by atoms with Crippen molar-refractivity contribution in [2.75, 3.05) is 13.6 Å². The molecule has 0 saturated carbocycles. The lowest BCUT2D eigenvalue weighted by Gasteiger charge is -2.45. The van der Waals surface area contributed by atoms with Gasteiger partial charge < -0.3 is 10.6 Å². The van der Waals surface area contributed by atoms with Crippen LogP contribution in [0.4, 0.5) is 0 Å². The van der Waals surface area contributed by atoms with Gasteiger partial charge in [-0.05, 0) is 55.8 Å². The van der Waals surface area contributed by atoms with E-state index in [1.165, 1.54) is 43.2 Å². The largest absolute Gasteiger partial charge is 0.304 e. The van der Waals surface area contributed by atoms with Crippen molar-refractivity contribution >= 4 is 0 Å². The molecule has 2 nitrogen and oxygen atoms in total. The van der Waals surface area contributed by atoms with Gasteiger partial charge in [0.2, 0.25) is 0 Å². The molecule has 160 valence electrons. The molecule has 0 heterocycles. The van der Waals surface area contributed by atoms with Gasteiger partial charge in [-0.25, -0.2) is 0 Å². The van der Waals surface area contributed by atoms with E-state index in [4.69, 9.17) is 0 Å². The standard InChI is InChI=1S/C27H42N2/c1-22(2)21-29-26(28-5)27(23(3)4,25-18-12-7-13-19-25)20-14-8-11-17-24-15-9-6-10-16-24/h6-7,9-10,12-13,15-16,18-19,22-23,26,28-29H,8,11,14,17,20-21H2,1-5H3. The lowest BCUT2D eigenvalue weighted by molar-refractivity contribution is 0.169. The molecule has 2 aromatic carbocycles. The molecule has 2 heteroatoms. The Balaban J connectivity index is 2.12. The zero-order valence-corrected chi connectivity index (χ0v) is 19.2. The average molecular weight is 395 g/mol. The predicted octanol–water partition coefficient (Wildman–Crippen LogP) is 6.17. The van der Waals surface area contributed by atoms with Crippen LogP contribution in [-0.2, 0) is 11.8 Å². The van der Waals surface area contributed by atoms with E-state index in [0.717, 1.165) is 6.54 Å². The van der Waals surface area contributed by atoms with Gasteiger partial charge in [0, 0.05) is 5.41 Å². The van der Waals surface area contributed by atoms with Gasteiger partial charge in [0.25, 0.3) is 0 Å². The summed E-state index contributed by atoms with van der Waals surface area (Å²) in [5.41, 5.74) is 2.99. The zero-order valence-electron chi connectivity index (χ0n) is 19.2. The van der Waals surface area contributed by atoms with Gasteiger partial charge >= 0.3 is 0 Å². The van der Waals surface area contributed by atoms with Crippen molar-refractivity contribution in [1.82, 2.24) is 10.6 Å². The highest BCUT2D eigenvalue weighted by molar-refractivity contribution is 5.29. The fraction of sp³-hybridized carbons (Fsp3) is 0.556. The molecule has 0 aliphatic heterocycles. The van der Waals surface area contributed by atoms with E-state index in [0.29, 0.717) is 11.8 Å². The number of benzene rings is 2. The monoisotopic (exact) mass is 394 g/mol. The van der Waals surface area contributed by atoms with Crippen molar-refractivity contribution in [3.05, 3.63) is 71.8 Å². The second-order valence-corrected chi connectivity index (χ2v) is 9.13. The second-order valence-electron chi connectivity index (χ2n) is 9.13. The number of likely N-dealkylation sites (N-methyl/N-ethyl adjacent to an activating group) is 1. The lowest BCUT2D eigenvalue weighted by Crippen LogP contribution is -2.59. The fourth-order valence-corrected chi connectivity index (χ4v) is 4.62. The third kappa shape index (κ3) is 6.69. The summed E-state index contributed by atoms with van der Waals surface area (Å²) in [6.45, 7) is 10.4. The Hall–Kier alpha value is -1.64. The Kier molecular flexibility index (Phi) is 9.90. The summed E-state index contributed by atoms with van der Waals surface area (Å²) >= 11 is 0. The van der Waals surface area contributed by atoms with Crippen LogP contribution in [-0.4, -0.2) is 19.8 Å². The fourth-order valence-electron chi connectivity index (χ4n) is 4.62. The molecule has 29 heavy (non-hydrogen) atoms. The van der Waals surface area contributed by atoms with Crippen LogP contribution in [0.5, 0.6) is 0 Å². The SMILES string of the molecule is CNC(NCC(C)C)C(CCCCCc1ccccc1)(c1ccccc1)C(C)C. The molecular weight excluding hydrogens is 352 g/mol. The smallest absolute Gasteiger partial charge is 0.0671 e. The Morgan fingerprint density at radius 1 is 0.793 bits per heavy atom. The molecule has 0 saturated heterocycles. The minimum atomic E-state index is 0.0810. The Labute approximate surface area is 179 Å². The molecular formula is C27H42N2. The summed E-state index contributed by atoms with van der Waals surface area (Å²) in [5, 5.41) is 7.48. The van der Waals surface area contributed by atoms with E-state index in [9.17, 15) is 0 Å². The molecule has 2 unspecified atom stereocenters. The summed E-state index contributed by atoms with van der Waals surface area (Å²) in [7, 11) is 2.10. The van der Waals surface area contributed by atoms with Crippen molar-refractivity contribution < 1.29 is 0 Å². The summed E-state index contributed by atoms with van der Waals surface area (Å²) in [6, 6.07) is 22.0. The minimum absolute atomic E-state index is 0.0810. The number of hydrogen-bond donors (Lipinski definition) is 2. The number of hydrogen-bond acceptors (Lipinski definition) is 2. The van der Waals surface area contributed by atoms with E-state index in [1.54, 1.807) is 0 Å². The topological polar surface area (TPSA) is 24.1 Å². The molecule has 0 bridgehead atoms. The maximum Gasteiger partial charge on any atom is 0.0671 e. The maximum absolute atomic E-state index is 3.85. The second kappa shape index (κ2) is 12.1. The van der Waals surface area contributed by atoms with Gasteiger partial charge in [-0.15, -0.1) is 0 Å². The number of unbranched alkanes of at least 4 members (excludes halogenated alkanes) is 2. The molecule has 2 N–H and O–H groups in total. The molecule has 2 atom stereocenters. The van der Waals surface area contributed by atoms with E-state index in [-0.39, 0.29) is 11.6 Å². The van der Waals surface area contributed by atoms with Gasteiger partial charge in [-0.3, -0.25) is 0 Å². The Morgan fingerprint density at radius 3 is 1.97 bits per heavy atom. The average Bonchev–Trinajstić information content (AvgIpc) is 2.73. The lowest BCUT2D eigenvalue weighted by atomic mass is 9.66. The highest BCUT2D eigenvalue weighted by Gasteiger charge is 2.41. The van der Waals surface area contributed by atoms with Crippen LogP contribution in [0.25, 0.3) is 0 Å². The maximum atomic E-state index is 3.85.